The van der Waals surface area contributed by atoms with Crippen molar-refractivity contribution in [1.82, 2.24) is 5.32 Å². The highest BCUT2D eigenvalue weighted by Gasteiger charge is 2.04. The number of hydrogen-bond donors (Lipinski definition) is 1. The van der Waals surface area contributed by atoms with Crippen LogP contribution in [-0.4, -0.2) is 26.2 Å². The van der Waals surface area contributed by atoms with Gasteiger partial charge in [0.2, 0.25) is 5.91 Å². The summed E-state index contributed by atoms with van der Waals surface area (Å²) in [6.07, 6.45) is 3.92. The number of amides is 1. The smallest absolute Gasteiger partial charge is 0.224 e. The molecule has 0 aliphatic heterocycles. The summed E-state index contributed by atoms with van der Waals surface area (Å²) in [5.41, 5.74) is 3.43. The summed E-state index contributed by atoms with van der Waals surface area (Å²) in [7, 11) is 1.65. The van der Waals surface area contributed by atoms with Gasteiger partial charge in [-0.25, -0.2) is 0 Å². The van der Waals surface area contributed by atoms with Crippen LogP contribution in [0, 0.1) is 0 Å². The van der Waals surface area contributed by atoms with E-state index in [1.165, 1.54) is 18.4 Å². The van der Waals surface area contributed by atoms with E-state index in [4.69, 9.17) is 9.47 Å². The largest absolute Gasteiger partial charge is 0.491 e. The maximum atomic E-state index is 12.1. The molecule has 0 radical (unpaired) electrons. The SMILES string of the molecule is CCCCc1ccc(CC(=O)NCc2ccc(OCCOC)cc2)cc1. The lowest BCUT2D eigenvalue weighted by atomic mass is 10.0. The summed E-state index contributed by atoms with van der Waals surface area (Å²) in [6.45, 7) is 3.81. The predicted octanol–water partition coefficient (Wildman–Crippen LogP) is 3.91. The van der Waals surface area contributed by atoms with Crippen molar-refractivity contribution < 1.29 is 14.3 Å². The lowest BCUT2D eigenvalue weighted by Crippen LogP contribution is -2.24. The van der Waals surface area contributed by atoms with Crippen LogP contribution < -0.4 is 10.1 Å². The van der Waals surface area contributed by atoms with Gasteiger partial charge in [-0.3, -0.25) is 4.79 Å². The van der Waals surface area contributed by atoms with Gasteiger partial charge in [0.05, 0.1) is 13.0 Å². The molecule has 1 amide bonds. The fraction of sp³-hybridized carbons (Fsp3) is 0.409. The number of carbonyl (C=O) groups is 1. The van der Waals surface area contributed by atoms with E-state index in [1.807, 2.05) is 24.3 Å². The van der Waals surface area contributed by atoms with Crippen molar-refractivity contribution in [2.24, 2.45) is 0 Å². The minimum Gasteiger partial charge on any atom is -0.491 e. The van der Waals surface area contributed by atoms with E-state index >= 15 is 0 Å². The third-order valence-corrected chi connectivity index (χ3v) is 4.18. The van der Waals surface area contributed by atoms with Crippen molar-refractivity contribution in [3.8, 4) is 5.75 Å². The van der Waals surface area contributed by atoms with Gasteiger partial charge in [0.25, 0.3) is 0 Å². The lowest BCUT2D eigenvalue weighted by molar-refractivity contribution is -0.120. The van der Waals surface area contributed by atoms with Crippen molar-refractivity contribution in [2.75, 3.05) is 20.3 Å². The number of methoxy groups -OCH3 is 1. The first kappa shape index (κ1) is 20.0. The molecule has 0 aliphatic rings. The Hall–Kier alpha value is -2.33. The average Bonchev–Trinajstić information content (AvgIpc) is 2.67. The Labute approximate surface area is 156 Å². The molecule has 2 rings (SSSR count). The monoisotopic (exact) mass is 355 g/mol. The van der Waals surface area contributed by atoms with Gasteiger partial charge in [0.15, 0.2) is 0 Å². The topological polar surface area (TPSA) is 47.6 Å². The van der Waals surface area contributed by atoms with E-state index < -0.39 is 0 Å². The van der Waals surface area contributed by atoms with E-state index in [0.29, 0.717) is 26.2 Å². The number of rotatable bonds is 11. The highest BCUT2D eigenvalue weighted by molar-refractivity contribution is 5.78. The average molecular weight is 355 g/mol. The van der Waals surface area contributed by atoms with Gasteiger partial charge >= 0.3 is 0 Å². The molecular formula is C22H29NO3. The van der Waals surface area contributed by atoms with Gasteiger partial charge in [0, 0.05) is 13.7 Å². The van der Waals surface area contributed by atoms with Crippen molar-refractivity contribution in [1.29, 1.82) is 0 Å². The molecule has 1 N–H and O–H groups in total. The zero-order chi connectivity index (χ0) is 18.6. The van der Waals surface area contributed by atoms with Crippen LogP contribution in [0.4, 0.5) is 0 Å². The third-order valence-electron chi connectivity index (χ3n) is 4.18. The normalized spacial score (nSPS) is 10.5. The number of benzene rings is 2. The van der Waals surface area contributed by atoms with Crippen LogP contribution in [0.3, 0.4) is 0 Å². The van der Waals surface area contributed by atoms with E-state index in [-0.39, 0.29) is 5.91 Å². The lowest BCUT2D eigenvalue weighted by Gasteiger charge is -2.08. The van der Waals surface area contributed by atoms with Gasteiger partial charge in [0.1, 0.15) is 12.4 Å². The Morgan fingerprint density at radius 1 is 0.923 bits per heavy atom. The molecule has 2 aromatic carbocycles. The summed E-state index contributed by atoms with van der Waals surface area (Å²) < 4.78 is 10.5. The summed E-state index contributed by atoms with van der Waals surface area (Å²) >= 11 is 0. The Bertz CT molecular complexity index is 650. The van der Waals surface area contributed by atoms with Crippen LogP contribution in [-0.2, 0) is 28.9 Å². The molecule has 0 aliphatic carbocycles. The minimum absolute atomic E-state index is 0.0340. The second kappa shape index (κ2) is 11.3. The molecule has 4 nitrogen and oxygen atoms in total. The maximum Gasteiger partial charge on any atom is 0.224 e. The fourth-order valence-corrected chi connectivity index (χ4v) is 2.60. The summed E-state index contributed by atoms with van der Waals surface area (Å²) in [5.74, 6) is 0.840. The minimum atomic E-state index is 0.0340. The van der Waals surface area contributed by atoms with Crippen molar-refractivity contribution >= 4 is 5.91 Å². The Morgan fingerprint density at radius 3 is 2.23 bits per heavy atom. The fourth-order valence-electron chi connectivity index (χ4n) is 2.60. The van der Waals surface area contributed by atoms with Gasteiger partial charge in [-0.1, -0.05) is 49.7 Å². The van der Waals surface area contributed by atoms with Crippen LogP contribution in [0.1, 0.15) is 36.5 Å². The molecule has 0 fully saturated rings. The van der Waals surface area contributed by atoms with Crippen LogP contribution in [0.15, 0.2) is 48.5 Å². The van der Waals surface area contributed by atoms with Gasteiger partial charge in [-0.15, -0.1) is 0 Å². The van der Waals surface area contributed by atoms with Crippen molar-refractivity contribution in [3.63, 3.8) is 0 Å². The number of nitrogens with one attached hydrogen (secondary N) is 1. The molecule has 0 heterocycles. The quantitative estimate of drug-likeness (QED) is 0.622. The molecular weight excluding hydrogens is 326 g/mol. The van der Waals surface area contributed by atoms with E-state index in [2.05, 4.69) is 36.5 Å². The Balaban J connectivity index is 1.74. The molecule has 140 valence electrons. The maximum absolute atomic E-state index is 12.1. The zero-order valence-electron chi connectivity index (χ0n) is 15.8. The van der Waals surface area contributed by atoms with Crippen LogP contribution in [0.2, 0.25) is 0 Å². The second-order valence-electron chi connectivity index (χ2n) is 6.36. The predicted molar refractivity (Wildman–Crippen MR) is 104 cm³/mol. The first-order valence-corrected chi connectivity index (χ1v) is 9.26. The van der Waals surface area contributed by atoms with Gasteiger partial charge < -0.3 is 14.8 Å². The molecule has 26 heavy (non-hydrogen) atoms. The molecule has 0 bridgehead atoms. The van der Waals surface area contributed by atoms with Crippen LogP contribution >= 0.6 is 0 Å². The summed E-state index contributed by atoms with van der Waals surface area (Å²) in [6, 6.07) is 16.1. The number of carbonyl (C=O) groups excluding carboxylic acids is 1. The molecule has 0 saturated carbocycles. The van der Waals surface area contributed by atoms with Crippen molar-refractivity contribution in [3.05, 3.63) is 65.2 Å². The third kappa shape index (κ3) is 7.28. The molecule has 0 spiro atoms. The number of hydrogen-bond acceptors (Lipinski definition) is 3. The van der Waals surface area contributed by atoms with Crippen molar-refractivity contribution in [2.45, 2.75) is 39.2 Å². The number of ether oxygens (including phenoxy) is 2. The standard InChI is InChI=1S/C22H29NO3/c1-3-4-5-18-6-8-19(9-7-18)16-22(24)23-17-20-10-12-21(13-11-20)26-15-14-25-2/h6-13H,3-5,14-17H2,1-2H3,(H,23,24). The van der Waals surface area contributed by atoms with Crippen LogP contribution in [0.25, 0.3) is 0 Å². The molecule has 0 unspecified atom stereocenters. The first-order chi connectivity index (χ1) is 12.7. The summed E-state index contributed by atoms with van der Waals surface area (Å²) in [4.78, 5) is 12.1. The highest BCUT2D eigenvalue weighted by atomic mass is 16.5. The molecule has 0 aromatic heterocycles. The molecule has 0 saturated heterocycles. The molecule has 0 atom stereocenters. The Morgan fingerprint density at radius 2 is 1.58 bits per heavy atom. The Kier molecular flexibility index (Phi) is 8.70. The van der Waals surface area contributed by atoms with E-state index in [9.17, 15) is 4.79 Å². The summed E-state index contributed by atoms with van der Waals surface area (Å²) in [5, 5.41) is 2.97. The number of aryl methyl sites for hydroxylation is 1. The molecule has 4 heteroatoms. The van der Waals surface area contributed by atoms with E-state index in [0.717, 1.165) is 23.3 Å². The molecule has 2 aromatic rings. The second-order valence-corrected chi connectivity index (χ2v) is 6.36. The van der Waals surface area contributed by atoms with Crippen LogP contribution in [0.5, 0.6) is 5.75 Å². The van der Waals surface area contributed by atoms with Gasteiger partial charge in [-0.05, 0) is 41.7 Å². The first-order valence-electron chi connectivity index (χ1n) is 9.26. The number of unbranched alkanes of at least 4 members (excludes halogenated alkanes) is 1. The zero-order valence-corrected chi connectivity index (χ0v) is 15.8. The van der Waals surface area contributed by atoms with E-state index in [1.54, 1.807) is 7.11 Å². The highest BCUT2D eigenvalue weighted by Crippen LogP contribution is 2.12. The van der Waals surface area contributed by atoms with Gasteiger partial charge in [-0.2, -0.15) is 0 Å².